The van der Waals surface area contributed by atoms with Gasteiger partial charge in [-0.15, -0.1) is 0 Å². The first-order valence-corrected chi connectivity index (χ1v) is 6.60. The fraction of sp³-hybridized carbons (Fsp3) is 0.312. The van der Waals surface area contributed by atoms with Crippen LogP contribution in [0.15, 0.2) is 54.7 Å². The van der Waals surface area contributed by atoms with E-state index in [2.05, 4.69) is 48.1 Å². The molecule has 1 fully saturated rings. The number of hydrogen-bond donors (Lipinski definition) is 0. The highest BCUT2D eigenvalue weighted by Crippen LogP contribution is 2.40. The van der Waals surface area contributed by atoms with Gasteiger partial charge in [-0.05, 0) is 31.7 Å². The summed E-state index contributed by atoms with van der Waals surface area (Å²) in [6.45, 7) is 2.20. The monoisotopic (exact) mass is 254 g/mol. The van der Waals surface area contributed by atoms with Crippen molar-refractivity contribution in [2.75, 3.05) is 7.05 Å². The lowest BCUT2D eigenvalue weighted by molar-refractivity contribution is 0.00270. The summed E-state index contributed by atoms with van der Waals surface area (Å²) in [6.07, 6.45) is 1.84. The number of aromatic nitrogens is 1. The van der Waals surface area contributed by atoms with Crippen LogP contribution in [-0.4, -0.2) is 23.0 Å². The summed E-state index contributed by atoms with van der Waals surface area (Å²) in [5, 5.41) is 0. The zero-order chi connectivity index (χ0) is 13.2. The van der Waals surface area contributed by atoms with E-state index in [9.17, 15) is 0 Å². The average Bonchev–Trinajstić information content (AvgIpc) is 2.77. The molecule has 1 aliphatic heterocycles. The Morgan fingerprint density at radius 1 is 1.05 bits per heavy atom. The summed E-state index contributed by atoms with van der Waals surface area (Å²) < 4.78 is 6.22. The van der Waals surface area contributed by atoms with Gasteiger partial charge in [0.2, 0.25) is 0 Å². The molecule has 3 rings (SSSR count). The van der Waals surface area contributed by atoms with E-state index in [0.29, 0.717) is 6.04 Å². The molecule has 0 N–H and O–H groups in total. The molecule has 0 radical (unpaired) electrons. The smallest absolute Gasteiger partial charge is 0.154 e. The fourth-order valence-electron chi connectivity index (χ4n) is 2.58. The van der Waals surface area contributed by atoms with Crippen LogP contribution < -0.4 is 0 Å². The highest BCUT2D eigenvalue weighted by molar-refractivity contribution is 5.21. The van der Waals surface area contributed by atoms with E-state index in [1.54, 1.807) is 0 Å². The van der Waals surface area contributed by atoms with Crippen LogP contribution in [-0.2, 0) is 4.74 Å². The van der Waals surface area contributed by atoms with Gasteiger partial charge in [0.15, 0.2) is 6.23 Å². The molecular weight excluding hydrogens is 236 g/mol. The number of rotatable bonds is 2. The molecule has 1 saturated heterocycles. The minimum Gasteiger partial charge on any atom is -0.348 e. The van der Waals surface area contributed by atoms with E-state index < -0.39 is 0 Å². The molecule has 19 heavy (non-hydrogen) atoms. The SMILES string of the molecule is C[C@H]1[C@@H](c2ccccc2)O[C@H](c2ccccn2)N1C. The van der Waals surface area contributed by atoms with Crippen molar-refractivity contribution in [1.82, 2.24) is 9.88 Å². The standard InChI is InChI=1S/C16H18N2O/c1-12-15(13-8-4-3-5-9-13)19-16(18(12)2)14-10-6-7-11-17-14/h3-12,15-16H,1-2H3/t12-,15-,16+/m0/s1. The predicted molar refractivity (Wildman–Crippen MR) is 74.5 cm³/mol. The van der Waals surface area contributed by atoms with Crippen molar-refractivity contribution in [3.8, 4) is 0 Å². The van der Waals surface area contributed by atoms with Crippen LogP contribution in [0, 0.1) is 0 Å². The Kier molecular flexibility index (Phi) is 3.32. The largest absolute Gasteiger partial charge is 0.348 e. The van der Waals surface area contributed by atoms with Gasteiger partial charge in [-0.1, -0.05) is 36.4 Å². The first-order chi connectivity index (χ1) is 9.27. The second-order valence-electron chi connectivity index (χ2n) is 4.98. The third-order valence-electron chi connectivity index (χ3n) is 3.79. The molecule has 1 aromatic heterocycles. The Hall–Kier alpha value is -1.71. The van der Waals surface area contributed by atoms with Gasteiger partial charge < -0.3 is 4.74 Å². The van der Waals surface area contributed by atoms with Crippen molar-refractivity contribution in [2.24, 2.45) is 0 Å². The van der Waals surface area contributed by atoms with E-state index in [1.807, 2.05) is 30.5 Å². The topological polar surface area (TPSA) is 25.4 Å². The quantitative estimate of drug-likeness (QED) is 0.823. The van der Waals surface area contributed by atoms with E-state index in [0.717, 1.165) is 5.69 Å². The number of nitrogens with zero attached hydrogens (tertiary/aromatic N) is 2. The Balaban J connectivity index is 1.88. The molecule has 2 aromatic rings. The van der Waals surface area contributed by atoms with Crippen LogP contribution in [0.4, 0.5) is 0 Å². The molecule has 1 aromatic carbocycles. The molecule has 3 nitrogen and oxygen atoms in total. The molecular formula is C16H18N2O. The van der Waals surface area contributed by atoms with E-state index in [4.69, 9.17) is 4.74 Å². The molecule has 0 aliphatic carbocycles. The van der Waals surface area contributed by atoms with Gasteiger partial charge in [-0.2, -0.15) is 0 Å². The van der Waals surface area contributed by atoms with Crippen molar-refractivity contribution < 1.29 is 4.74 Å². The summed E-state index contributed by atoms with van der Waals surface area (Å²) in [6, 6.07) is 16.7. The lowest BCUT2D eigenvalue weighted by Crippen LogP contribution is -2.27. The first kappa shape index (κ1) is 12.3. The highest BCUT2D eigenvalue weighted by Gasteiger charge is 2.39. The van der Waals surface area contributed by atoms with E-state index in [-0.39, 0.29) is 12.3 Å². The summed E-state index contributed by atoms with van der Waals surface area (Å²) in [4.78, 5) is 6.64. The summed E-state index contributed by atoms with van der Waals surface area (Å²) >= 11 is 0. The van der Waals surface area contributed by atoms with Gasteiger partial charge >= 0.3 is 0 Å². The molecule has 98 valence electrons. The molecule has 1 aliphatic rings. The molecule has 0 unspecified atom stereocenters. The minimum atomic E-state index is -0.0681. The third-order valence-corrected chi connectivity index (χ3v) is 3.79. The minimum absolute atomic E-state index is 0.0681. The molecule has 0 bridgehead atoms. The van der Waals surface area contributed by atoms with E-state index in [1.165, 1.54) is 5.56 Å². The molecule has 0 saturated carbocycles. The maximum absolute atomic E-state index is 6.22. The van der Waals surface area contributed by atoms with Crippen molar-refractivity contribution in [3.05, 3.63) is 66.0 Å². The summed E-state index contributed by atoms with van der Waals surface area (Å²) in [5.41, 5.74) is 2.19. The van der Waals surface area contributed by atoms with E-state index >= 15 is 0 Å². The maximum Gasteiger partial charge on any atom is 0.154 e. The van der Waals surface area contributed by atoms with Crippen LogP contribution >= 0.6 is 0 Å². The van der Waals surface area contributed by atoms with Crippen molar-refractivity contribution in [2.45, 2.75) is 25.3 Å². The second kappa shape index (κ2) is 5.11. The Morgan fingerprint density at radius 3 is 2.47 bits per heavy atom. The van der Waals surface area contributed by atoms with Crippen molar-refractivity contribution in [1.29, 1.82) is 0 Å². The molecule has 0 amide bonds. The van der Waals surface area contributed by atoms with Crippen LogP contribution in [0.1, 0.15) is 30.5 Å². The maximum atomic E-state index is 6.22. The van der Waals surface area contributed by atoms with Crippen LogP contribution in [0.25, 0.3) is 0 Å². The van der Waals surface area contributed by atoms with Gasteiger partial charge in [-0.3, -0.25) is 9.88 Å². The van der Waals surface area contributed by atoms with Crippen LogP contribution in [0.3, 0.4) is 0 Å². The summed E-state index contributed by atoms with van der Waals surface area (Å²) in [7, 11) is 2.09. The van der Waals surface area contributed by atoms with Crippen molar-refractivity contribution in [3.63, 3.8) is 0 Å². The lowest BCUT2D eigenvalue weighted by Gasteiger charge is -2.20. The molecule has 3 atom stereocenters. The van der Waals surface area contributed by atoms with Gasteiger partial charge in [-0.25, -0.2) is 0 Å². The average molecular weight is 254 g/mol. The van der Waals surface area contributed by atoms with Gasteiger partial charge in [0.05, 0.1) is 5.69 Å². The normalized spacial score (nSPS) is 27.6. The Morgan fingerprint density at radius 2 is 1.79 bits per heavy atom. The van der Waals surface area contributed by atoms with Gasteiger partial charge in [0.1, 0.15) is 6.10 Å². The van der Waals surface area contributed by atoms with Crippen LogP contribution in [0.2, 0.25) is 0 Å². The number of pyridine rings is 1. The first-order valence-electron chi connectivity index (χ1n) is 6.60. The molecule has 0 spiro atoms. The molecule has 2 heterocycles. The fourth-order valence-corrected chi connectivity index (χ4v) is 2.58. The third kappa shape index (κ3) is 2.27. The Bertz CT molecular complexity index is 479. The lowest BCUT2D eigenvalue weighted by atomic mass is 10.0. The number of benzene rings is 1. The predicted octanol–water partition coefficient (Wildman–Crippen LogP) is 3.17. The van der Waals surface area contributed by atoms with Gasteiger partial charge in [0, 0.05) is 12.2 Å². The van der Waals surface area contributed by atoms with Gasteiger partial charge in [0.25, 0.3) is 0 Å². The summed E-state index contributed by atoms with van der Waals surface area (Å²) in [5.74, 6) is 0. The number of hydrogen-bond acceptors (Lipinski definition) is 3. The highest BCUT2D eigenvalue weighted by atomic mass is 16.5. The number of ether oxygens (including phenoxy) is 1. The second-order valence-corrected chi connectivity index (χ2v) is 4.98. The molecule has 3 heteroatoms. The van der Waals surface area contributed by atoms with Crippen molar-refractivity contribution >= 4 is 0 Å². The zero-order valence-electron chi connectivity index (χ0n) is 11.2. The Labute approximate surface area is 113 Å². The zero-order valence-corrected chi connectivity index (χ0v) is 11.2. The number of likely N-dealkylation sites (N-methyl/N-ethyl adjacent to an activating group) is 1. The van der Waals surface area contributed by atoms with Crippen LogP contribution in [0.5, 0.6) is 0 Å².